The zero-order valence-corrected chi connectivity index (χ0v) is 10.5. The zero-order valence-electron chi connectivity index (χ0n) is 10.5. The summed E-state index contributed by atoms with van der Waals surface area (Å²) in [5.41, 5.74) is -0.211. The van der Waals surface area contributed by atoms with Crippen LogP contribution in [0, 0.1) is 5.41 Å². The number of alkyl halides is 3. The van der Waals surface area contributed by atoms with Gasteiger partial charge in [-0.2, -0.15) is 0 Å². The van der Waals surface area contributed by atoms with Crippen LogP contribution in [0.2, 0.25) is 0 Å². The van der Waals surface area contributed by atoms with Gasteiger partial charge in [0.1, 0.15) is 5.75 Å². The van der Waals surface area contributed by atoms with E-state index in [9.17, 15) is 23.1 Å². The molecule has 1 aromatic rings. The second-order valence-electron chi connectivity index (χ2n) is 4.88. The van der Waals surface area contributed by atoms with E-state index in [1.165, 1.54) is 24.3 Å². The van der Waals surface area contributed by atoms with E-state index < -0.39 is 17.7 Å². The summed E-state index contributed by atoms with van der Waals surface area (Å²) in [7, 11) is 0. The van der Waals surface area contributed by atoms with Gasteiger partial charge < -0.3 is 15.2 Å². The second-order valence-corrected chi connectivity index (χ2v) is 4.88. The van der Waals surface area contributed by atoms with Crippen molar-refractivity contribution < 1.29 is 27.8 Å². The molecule has 0 bridgehead atoms. The van der Waals surface area contributed by atoms with Gasteiger partial charge in [-0.25, -0.2) is 0 Å². The molecular formula is C13H14F3NO3. The minimum absolute atomic E-state index is 0.279. The Morgan fingerprint density at radius 2 is 2.00 bits per heavy atom. The maximum absolute atomic E-state index is 12.0. The molecule has 1 aliphatic heterocycles. The molecule has 4 nitrogen and oxygen atoms in total. The average molecular weight is 289 g/mol. The first-order chi connectivity index (χ1) is 9.31. The molecule has 0 aromatic heterocycles. The summed E-state index contributed by atoms with van der Waals surface area (Å²) in [6.45, 7) is 0.991. The van der Waals surface area contributed by atoms with Gasteiger partial charge in [-0.15, -0.1) is 13.2 Å². The largest absolute Gasteiger partial charge is 0.573 e. The van der Waals surface area contributed by atoms with Crippen molar-refractivity contribution in [3.05, 3.63) is 29.8 Å². The minimum Gasteiger partial charge on any atom is -0.481 e. The topological polar surface area (TPSA) is 58.6 Å². The summed E-state index contributed by atoms with van der Waals surface area (Å²) in [6.07, 6.45) is -3.94. The number of nitrogens with one attached hydrogen (secondary N) is 1. The lowest BCUT2D eigenvalue weighted by molar-refractivity contribution is -0.274. The van der Waals surface area contributed by atoms with Gasteiger partial charge in [0.15, 0.2) is 0 Å². The first-order valence-corrected chi connectivity index (χ1v) is 6.10. The molecule has 2 rings (SSSR count). The smallest absolute Gasteiger partial charge is 0.481 e. The van der Waals surface area contributed by atoms with E-state index in [4.69, 9.17) is 0 Å². The van der Waals surface area contributed by atoms with Crippen LogP contribution >= 0.6 is 0 Å². The molecule has 1 atom stereocenters. The number of ether oxygens (including phenoxy) is 1. The summed E-state index contributed by atoms with van der Waals surface area (Å²) < 4.78 is 39.9. The van der Waals surface area contributed by atoms with Crippen LogP contribution in [-0.2, 0) is 11.2 Å². The summed E-state index contributed by atoms with van der Waals surface area (Å²) in [5, 5.41) is 12.3. The number of aliphatic carboxylic acids is 1. The molecule has 0 spiro atoms. The number of hydrogen-bond donors (Lipinski definition) is 2. The highest BCUT2D eigenvalue weighted by molar-refractivity contribution is 5.76. The highest BCUT2D eigenvalue weighted by atomic mass is 19.4. The van der Waals surface area contributed by atoms with E-state index in [0.717, 1.165) is 0 Å². The molecular weight excluding hydrogens is 275 g/mol. The third kappa shape index (κ3) is 3.41. The molecule has 0 radical (unpaired) electrons. The van der Waals surface area contributed by atoms with Crippen LogP contribution in [0.1, 0.15) is 12.0 Å². The fourth-order valence-electron chi connectivity index (χ4n) is 2.35. The maximum atomic E-state index is 12.0. The quantitative estimate of drug-likeness (QED) is 0.892. The zero-order chi connectivity index (χ0) is 14.8. The van der Waals surface area contributed by atoms with Crippen LogP contribution in [0.4, 0.5) is 13.2 Å². The Morgan fingerprint density at radius 3 is 2.45 bits per heavy atom. The van der Waals surface area contributed by atoms with Crippen molar-refractivity contribution in [1.29, 1.82) is 0 Å². The van der Waals surface area contributed by atoms with Gasteiger partial charge in [0.25, 0.3) is 0 Å². The molecule has 0 amide bonds. The monoisotopic (exact) mass is 289 g/mol. The molecule has 1 aliphatic rings. The molecule has 20 heavy (non-hydrogen) atoms. The summed E-state index contributed by atoms with van der Waals surface area (Å²) in [5.74, 6) is -1.20. The normalized spacial score (nSPS) is 22.8. The number of hydrogen-bond acceptors (Lipinski definition) is 3. The van der Waals surface area contributed by atoms with Crippen molar-refractivity contribution in [1.82, 2.24) is 5.32 Å². The fourth-order valence-corrected chi connectivity index (χ4v) is 2.35. The van der Waals surface area contributed by atoms with E-state index in [1.807, 2.05) is 0 Å². The summed E-state index contributed by atoms with van der Waals surface area (Å²) in [4.78, 5) is 11.4. The van der Waals surface area contributed by atoms with Crippen LogP contribution < -0.4 is 10.1 Å². The first-order valence-electron chi connectivity index (χ1n) is 6.10. The molecule has 1 unspecified atom stereocenters. The van der Waals surface area contributed by atoms with E-state index in [2.05, 4.69) is 10.1 Å². The SMILES string of the molecule is O=C(O)C1(Cc2ccc(OC(F)(F)F)cc2)CCNC1. The Morgan fingerprint density at radius 1 is 1.35 bits per heavy atom. The maximum Gasteiger partial charge on any atom is 0.573 e. The second kappa shape index (κ2) is 5.32. The molecule has 1 heterocycles. The number of benzene rings is 1. The van der Waals surface area contributed by atoms with Crippen molar-refractivity contribution in [3.8, 4) is 5.75 Å². The molecule has 110 valence electrons. The van der Waals surface area contributed by atoms with Crippen molar-refractivity contribution >= 4 is 5.97 Å². The molecule has 7 heteroatoms. The summed E-state index contributed by atoms with van der Waals surface area (Å²) in [6, 6.07) is 5.32. The molecule has 1 aromatic carbocycles. The molecule has 1 fully saturated rings. The lowest BCUT2D eigenvalue weighted by Crippen LogP contribution is -2.35. The van der Waals surface area contributed by atoms with Gasteiger partial charge in [-0.05, 0) is 37.1 Å². The minimum atomic E-state index is -4.72. The highest BCUT2D eigenvalue weighted by Gasteiger charge is 2.41. The Kier molecular flexibility index (Phi) is 3.89. The van der Waals surface area contributed by atoms with Gasteiger partial charge >= 0.3 is 12.3 Å². The number of carboxylic acid groups (broad SMARTS) is 1. The lowest BCUT2D eigenvalue weighted by Gasteiger charge is -2.23. The lowest BCUT2D eigenvalue weighted by atomic mass is 9.81. The van der Waals surface area contributed by atoms with Crippen LogP contribution in [0.25, 0.3) is 0 Å². The Labute approximate surface area is 113 Å². The number of halogens is 3. The van der Waals surface area contributed by atoms with Crippen molar-refractivity contribution in [3.63, 3.8) is 0 Å². The predicted octanol–water partition coefficient (Wildman–Crippen LogP) is 2.19. The molecule has 2 N–H and O–H groups in total. The standard InChI is InChI=1S/C13H14F3NO3/c14-13(15,16)20-10-3-1-9(2-4-10)7-12(11(18)19)5-6-17-8-12/h1-4,17H,5-8H2,(H,18,19). The van der Waals surface area contributed by atoms with E-state index in [0.29, 0.717) is 25.1 Å². The Balaban J connectivity index is 2.08. The van der Waals surface area contributed by atoms with Crippen LogP contribution in [-0.4, -0.2) is 30.5 Å². The number of carbonyl (C=O) groups is 1. The van der Waals surface area contributed by atoms with Gasteiger partial charge in [-0.3, -0.25) is 4.79 Å². The van der Waals surface area contributed by atoms with Gasteiger partial charge in [0.05, 0.1) is 5.41 Å². The van der Waals surface area contributed by atoms with Crippen molar-refractivity contribution in [2.75, 3.05) is 13.1 Å². The first kappa shape index (κ1) is 14.6. The highest BCUT2D eigenvalue weighted by Crippen LogP contribution is 2.31. The van der Waals surface area contributed by atoms with Crippen LogP contribution in [0.3, 0.4) is 0 Å². The summed E-state index contributed by atoms with van der Waals surface area (Å²) >= 11 is 0. The van der Waals surface area contributed by atoms with E-state index in [1.54, 1.807) is 0 Å². The van der Waals surface area contributed by atoms with E-state index >= 15 is 0 Å². The van der Waals surface area contributed by atoms with Crippen LogP contribution in [0.5, 0.6) is 5.75 Å². The number of rotatable bonds is 4. The fraction of sp³-hybridized carbons (Fsp3) is 0.462. The Hall–Kier alpha value is -1.76. The Bertz CT molecular complexity index is 479. The van der Waals surface area contributed by atoms with Gasteiger partial charge in [-0.1, -0.05) is 12.1 Å². The molecule has 0 aliphatic carbocycles. The third-order valence-electron chi connectivity index (χ3n) is 3.40. The van der Waals surface area contributed by atoms with Gasteiger partial charge in [0.2, 0.25) is 0 Å². The van der Waals surface area contributed by atoms with Crippen LogP contribution in [0.15, 0.2) is 24.3 Å². The predicted molar refractivity (Wildman–Crippen MR) is 64.4 cm³/mol. The van der Waals surface area contributed by atoms with Crippen molar-refractivity contribution in [2.45, 2.75) is 19.2 Å². The third-order valence-corrected chi connectivity index (χ3v) is 3.40. The van der Waals surface area contributed by atoms with Crippen molar-refractivity contribution in [2.24, 2.45) is 5.41 Å². The van der Waals surface area contributed by atoms with E-state index in [-0.39, 0.29) is 12.2 Å². The molecule has 0 saturated carbocycles. The average Bonchev–Trinajstić information content (AvgIpc) is 2.80. The number of carboxylic acids is 1. The van der Waals surface area contributed by atoms with Gasteiger partial charge in [0, 0.05) is 6.54 Å². The molecule has 1 saturated heterocycles.